The van der Waals surface area contributed by atoms with Crippen molar-refractivity contribution >= 4 is 11.6 Å². The van der Waals surface area contributed by atoms with Gasteiger partial charge in [0.15, 0.2) is 0 Å². The molecule has 2 aromatic rings. The standard InChI is InChI=1S/C15H16ClNO/c1-15(2,3)12-8-7-11(10-13(12)16)18-14-6-4-5-9-17-14/h4-10H,1-3H3. The first kappa shape index (κ1) is 12.9. The Morgan fingerprint density at radius 1 is 1.11 bits per heavy atom. The third-order valence-electron chi connectivity index (χ3n) is 2.61. The Morgan fingerprint density at radius 2 is 1.89 bits per heavy atom. The van der Waals surface area contributed by atoms with E-state index in [4.69, 9.17) is 16.3 Å². The maximum Gasteiger partial charge on any atom is 0.219 e. The van der Waals surface area contributed by atoms with Gasteiger partial charge in [0.25, 0.3) is 0 Å². The Labute approximate surface area is 113 Å². The van der Waals surface area contributed by atoms with Gasteiger partial charge < -0.3 is 4.74 Å². The fourth-order valence-electron chi connectivity index (χ4n) is 1.70. The number of rotatable bonds is 2. The molecular weight excluding hydrogens is 246 g/mol. The minimum Gasteiger partial charge on any atom is -0.439 e. The zero-order chi connectivity index (χ0) is 13.2. The van der Waals surface area contributed by atoms with Crippen LogP contribution in [0.2, 0.25) is 5.02 Å². The Kier molecular flexibility index (Phi) is 3.58. The normalized spacial score (nSPS) is 11.3. The summed E-state index contributed by atoms with van der Waals surface area (Å²) in [5, 5.41) is 0.718. The SMILES string of the molecule is CC(C)(C)c1ccc(Oc2ccccn2)cc1Cl. The van der Waals surface area contributed by atoms with E-state index >= 15 is 0 Å². The first-order valence-corrected chi connectivity index (χ1v) is 6.23. The molecule has 3 heteroatoms. The lowest BCUT2D eigenvalue weighted by molar-refractivity contribution is 0.462. The van der Waals surface area contributed by atoms with Crippen LogP contribution in [0.4, 0.5) is 0 Å². The highest BCUT2D eigenvalue weighted by Gasteiger charge is 2.17. The molecule has 0 fully saturated rings. The highest BCUT2D eigenvalue weighted by molar-refractivity contribution is 6.31. The number of benzene rings is 1. The van der Waals surface area contributed by atoms with Crippen molar-refractivity contribution in [2.45, 2.75) is 26.2 Å². The zero-order valence-electron chi connectivity index (χ0n) is 10.8. The Balaban J connectivity index is 2.25. The van der Waals surface area contributed by atoms with Crippen molar-refractivity contribution in [2.24, 2.45) is 0 Å². The van der Waals surface area contributed by atoms with Gasteiger partial charge in [-0.05, 0) is 29.2 Å². The summed E-state index contributed by atoms with van der Waals surface area (Å²) in [6.07, 6.45) is 1.69. The van der Waals surface area contributed by atoms with Crippen molar-refractivity contribution in [2.75, 3.05) is 0 Å². The summed E-state index contributed by atoms with van der Waals surface area (Å²) in [6, 6.07) is 11.3. The smallest absolute Gasteiger partial charge is 0.219 e. The molecule has 0 saturated heterocycles. The van der Waals surface area contributed by atoms with Gasteiger partial charge in [0, 0.05) is 17.3 Å². The van der Waals surface area contributed by atoms with Crippen LogP contribution in [0, 0.1) is 0 Å². The van der Waals surface area contributed by atoms with E-state index in [0.717, 1.165) is 10.6 Å². The molecule has 1 aromatic heterocycles. The van der Waals surface area contributed by atoms with Crippen molar-refractivity contribution < 1.29 is 4.74 Å². The van der Waals surface area contributed by atoms with Gasteiger partial charge in [-0.25, -0.2) is 4.98 Å². The van der Waals surface area contributed by atoms with Crippen LogP contribution in [0.1, 0.15) is 26.3 Å². The summed E-state index contributed by atoms with van der Waals surface area (Å²) in [5.41, 5.74) is 1.14. The molecule has 2 rings (SSSR count). The number of halogens is 1. The van der Waals surface area contributed by atoms with Crippen LogP contribution in [0.3, 0.4) is 0 Å². The van der Waals surface area contributed by atoms with E-state index in [1.807, 2.05) is 36.4 Å². The molecular formula is C15H16ClNO. The molecule has 0 aliphatic carbocycles. The Morgan fingerprint density at radius 3 is 2.44 bits per heavy atom. The summed E-state index contributed by atoms with van der Waals surface area (Å²) >= 11 is 6.28. The van der Waals surface area contributed by atoms with E-state index in [1.54, 1.807) is 6.20 Å². The molecule has 2 nitrogen and oxygen atoms in total. The predicted octanol–water partition coefficient (Wildman–Crippen LogP) is 4.82. The fourth-order valence-corrected chi connectivity index (χ4v) is 2.15. The van der Waals surface area contributed by atoms with Crippen LogP contribution < -0.4 is 4.74 Å². The number of aromatic nitrogens is 1. The molecule has 94 valence electrons. The molecule has 0 spiro atoms. The highest BCUT2D eigenvalue weighted by atomic mass is 35.5. The fraction of sp³-hybridized carbons (Fsp3) is 0.267. The van der Waals surface area contributed by atoms with Crippen LogP contribution in [0.25, 0.3) is 0 Å². The van der Waals surface area contributed by atoms with Gasteiger partial charge in [-0.1, -0.05) is 44.5 Å². The second kappa shape index (κ2) is 4.99. The molecule has 0 bridgehead atoms. The average molecular weight is 262 g/mol. The third kappa shape index (κ3) is 3.02. The van der Waals surface area contributed by atoms with E-state index in [-0.39, 0.29) is 5.41 Å². The summed E-state index contributed by atoms with van der Waals surface area (Å²) in [6.45, 7) is 6.40. The number of ether oxygens (including phenoxy) is 1. The molecule has 0 aliphatic rings. The van der Waals surface area contributed by atoms with E-state index in [9.17, 15) is 0 Å². The molecule has 0 saturated carbocycles. The molecule has 18 heavy (non-hydrogen) atoms. The lowest BCUT2D eigenvalue weighted by Gasteiger charge is -2.20. The molecule has 0 atom stereocenters. The largest absolute Gasteiger partial charge is 0.439 e. The number of pyridine rings is 1. The van der Waals surface area contributed by atoms with Gasteiger partial charge >= 0.3 is 0 Å². The second-order valence-corrected chi connectivity index (χ2v) is 5.57. The summed E-state index contributed by atoms with van der Waals surface area (Å²) in [7, 11) is 0. The molecule has 0 amide bonds. The Bertz CT molecular complexity index is 532. The van der Waals surface area contributed by atoms with Gasteiger partial charge in [0.1, 0.15) is 5.75 Å². The van der Waals surface area contributed by atoms with Gasteiger partial charge in [-0.3, -0.25) is 0 Å². The Hall–Kier alpha value is -1.54. The van der Waals surface area contributed by atoms with E-state index in [2.05, 4.69) is 25.8 Å². The second-order valence-electron chi connectivity index (χ2n) is 5.16. The first-order valence-electron chi connectivity index (χ1n) is 5.86. The minimum absolute atomic E-state index is 0.0284. The van der Waals surface area contributed by atoms with E-state index in [1.165, 1.54) is 0 Å². The lowest BCUT2D eigenvalue weighted by atomic mass is 9.87. The number of hydrogen-bond donors (Lipinski definition) is 0. The van der Waals surface area contributed by atoms with Crippen LogP contribution in [-0.2, 0) is 5.41 Å². The van der Waals surface area contributed by atoms with E-state index < -0.39 is 0 Å². The summed E-state index contributed by atoms with van der Waals surface area (Å²) < 4.78 is 5.63. The van der Waals surface area contributed by atoms with Gasteiger partial charge in [-0.2, -0.15) is 0 Å². The highest BCUT2D eigenvalue weighted by Crippen LogP contribution is 2.33. The molecule has 1 aromatic carbocycles. The average Bonchev–Trinajstić information content (AvgIpc) is 2.28. The minimum atomic E-state index is 0.0284. The molecule has 1 heterocycles. The molecule has 0 radical (unpaired) electrons. The van der Waals surface area contributed by atoms with Crippen LogP contribution in [-0.4, -0.2) is 4.98 Å². The zero-order valence-corrected chi connectivity index (χ0v) is 11.5. The molecule has 0 unspecified atom stereocenters. The summed E-state index contributed by atoms with van der Waals surface area (Å²) in [5.74, 6) is 1.27. The lowest BCUT2D eigenvalue weighted by Crippen LogP contribution is -2.11. The van der Waals surface area contributed by atoms with Crippen LogP contribution >= 0.6 is 11.6 Å². The van der Waals surface area contributed by atoms with Gasteiger partial charge in [-0.15, -0.1) is 0 Å². The first-order chi connectivity index (χ1) is 8.47. The van der Waals surface area contributed by atoms with Crippen LogP contribution in [0.15, 0.2) is 42.6 Å². The van der Waals surface area contributed by atoms with Crippen molar-refractivity contribution in [3.8, 4) is 11.6 Å². The number of nitrogens with zero attached hydrogens (tertiary/aromatic N) is 1. The maximum absolute atomic E-state index is 6.28. The summed E-state index contributed by atoms with van der Waals surface area (Å²) in [4.78, 5) is 4.11. The molecule has 0 N–H and O–H groups in total. The van der Waals surface area contributed by atoms with Gasteiger partial charge in [0.2, 0.25) is 5.88 Å². The number of hydrogen-bond acceptors (Lipinski definition) is 2. The molecule has 0 aliphatic heterocycles. The van der Waals surface area contributed by atoms with Crippen LogP contribution in [0.5, 0.6) is 11.6 Å². The van der Waals surface area contributed by atoms with Crippen molar-refractivity contribution in [1.29, 1.82) is 0 Å². The monoisotopic (exact) mass is 261 g/mol. The van der Waals surface area contributed by atoms with Gasteiger partial charge in [0.05, 0.1) is 0 Å². The maximum atomic E-state index is 6.28. The van der Waals surface area contributed by atoms with Crippen molar-refractivity contribution in [1.82, 2.24) is 4.98 Å². The quantitative estimate of drug-likeness (QED) is 0.773. The predicted molar refractivity (Wildman–Crippen MR) is 74.5 cm³/mol. The van der Waals surface area contributed by atoms with Crippen molar-refractivity contribution in [3.63, 3.8) is 0 Å². The topological polar surface area (TPSA) is 22.1 Å². The third-order valence-corrected chi connectivity index (χ3v) is 2.92. The van der Waals surface area contributed by atoms with Crippen molar-refractivity contribution in [3.05, 3.63) is 53.2 Å². The van der Waals surface area contributed by atoms with E-state index in [0.29, 0.717) is 11.6 Å².